The van der Waals surface area contributed by atoms with E-state index in [2.05, 4.69) is 26.7 Å². The maximum atomic E-state index is 12.7. The van der Waals surface area contributed by atoms with Crippen LogP contribution in [0.4, 0.5) is 5.82 Å². The molecule has 0 atom stereocenters. The zero-order valence-electron chi connectivity index (χ0n) is 15.0. The van der Waals surface area contributed by atoms with Gasteiger partial charge in [0.25, 0.3) is 5.91 Å². The van der Waals surface area contributed by atoms with Crippen LogP contribution < -0.4 is 5.32 Å². The third-order valence-corrected chi connectivity index (χ3v) is 4.84. The van der Waals surface area contributed by atoms with E-state index in [1.54, 1.807) is 10.7 Å². The van der Waals surface area contributed by atoms with Crippen molar-refractivity contribution in [3.05, 3.63) is 58.9 Å². The quantitative estimate of drug-likeness (QED) is 0.789. The Hall–Kier alpha value is -3.02. The minimum Gasteiger partial charge on any atom is -0.305 e. The minimum atomic E-state index is -0.122. The van der Waals surface area contributed by atoms with Gasteiger partial charge in [-0.3, -0.25) is 9.48 Å². The summed E-state index contributed by atoms with van der Waals surface area (Å²) in [5.41, 5.74) is 5.79. The molecule has 6 heteroatoms. The number of aromatic nitrogens is 4. The van der Waals surface area contributed by atoms with Gasteiger partial charge in [0.05, 0.1) is 11.4 Å². The summed E-state index contributed by atoms with van der Waals surface area (Å²) in [6, 6.07) is 9.60. The van der Waals surface area contributed by atoms with Crippen molar-refractivity contribution in [1.82, 2.24) is 20.0 Å². The van der Waals surface area contributed by atoms with E-state index in [0.29, 0.717) is 5.82 Å². The maximum Gasteiger partial charge on any atom is 0.257 e. The Labute approximate surface area is 152 Å². The average Bonchev–Trinajstić information content (AvgIpc) is 3.00. The van der Waals surface area contributed by atoms with E-state index in [1.165, 1.54) is 17.5 Å². The molecule has 26 heavy (non-hydrogen) atoms. The summed E-state index contributed by atoms with van der Waals surface area (Å²) in [6.07, 6.45) is 6.25. The van der Waals surface area contributed by atoms with E-state index in [4.69, 9.17) is 0 Å². The zero-order chi connectivity index (χ0) is 18.1. The number of benzene rings is 1. The Morgan fingerprint density at radius 1 is 1.12 bits per heavy atom. The number of fused-ring (bicyclic) bond motifs is 1. The molecule has 1 aliphatic rings. The molecular weight excluding hydrogens is 326 g/mol. The lowest BCUT2D eigenvalue weighted by Crippen LogP contribution is -2.18. The molecule has 3 aromatic rings. The number of hydrogen-bond acceptors (Lipinski definition) is 4. The highest BCUT2D eigenvalue weighted by atomic mass is 16.1. The van der Waals surface area contributed by atoms with Crippen molar-refractivity contribution >= 4 is 11.7 Å². The minimum absolute atomic E-state index is 0.122. The van der Waals surface area contributed by atoms with Crippen LogP contribution in [0.25, 0.3) is 11.3 Å². The van der Waals surface area contributed by atoms with Gasteiger partial charge in [0.1, 0.15) is 0 Å². The first-order valence-corrected chi connectivity index (χ1v) is 8.88. The molecule has 0 radical (unpaired) electrons. The Morgan fingerprint density at radius 3 is 2.69 bits per heavy atom. The molecule has 4 rings (SSSR count). The van der Waals surface area contributed by atoms with Crippen molar-refractivity contribution in [3.8, 4) is 11.3 Å². The monoisotopic (exact) mass is 347 g/mol. The molecule has 6 nitrogen and oxygen atoms in total. The van der Waals surface area contributed by atoms with Gasteiger partial charge >= 0.3 is 0 Å². The number of nitrogens with zero attached hydrogens (tertiary/aromatic N) is 4. The molecule has 2 aromatic heterocycles. The molecule has 1 aliphatic carbocycles. The van der Waals surface area contributed by atoms with E-state index in [9.17, 15) is 4.79 Å². The van der Waals surface area contributed by atoms with Crippen molar-refractivity contribution in [2.45, 2.75) is 32.6 Å². The normalized spacial score (nSPS) is 13.3. The summed E-state index contributed by atoms with van der Waals surface area (Å²) in [4.78, 5) is 12.7. The molecule has 0 bridgehead atoms. The summed E-state index contributed by atoms with van der Waals surface area (Å²) < 4.78 is 1.75. The second-order valence-electron chi connectivity index (χ2n) is 6.71. The van der Waals surface area contributed by atoms with Crippen LogP contribution in [0, 0.1) is 6.92 Å². The van der Waals surface area contributed by atoms with Crippen molar-refractivity contribution in [2.75, 3.05) is 5.32 Å². The lowest BCUT2D eigenvalue weighted by Gasteiger charge is -2.18. The van der Waals surface area contributed by atoms with Gasteiger partial charge in [-0.25, -0.2) is 0 Å². The van der Waals surface area contributed by atoms with Crippen LogP contribution in [0.3, 0.4) is 0 Å². The van der Waals surface area contributed by atoms with E-state index in [-0.39, 0.29) is 5.91 Å². The number of amides is 1. The number of rotatable bonds is 3. The molecular formula is C20H21N5O. The lowest BCUT2D eigenvalue weighted by atomic mass is 9.88. The summed E-state index contributed by atoms with van der Waals surface area (Å²) in [6.45, 7) is 1.94. The van der Waals surface area contributed by atoms with Crippen LogP contribution in [-0.2, 0) is 19.9 Å². The molecule has 0 unspecified atom stereocenters. The average molecular weight is 347 g/mol. The molecule has 0 spiro atoms. The molecule has 0 fully saturated rings. The van der Waals surface area contributed by atoms with Gasteiger partial charge < -0.3 is 5.32 Å². The molecule has 132 valence electrons. The molecule has 1 aromatic carbocycles. The molecule has 2 heterocycles. The summed E-state index contributed by atoms with van der Waals surface area (Å²) in [5, 5.41) is 15.6. The molecule has 1 N–H and O–H groups in total. The SMILES string of the molecule is Cc1nn(C)cc1-c1ccc(NC(=O)c2cccc3c2CCCC3)nn1. The van der Waals surface area contributed by atoms with E-state index in [1.807, 2.05) is 38.4 Å². The first-order valence-electron chi connectivity index (χ1n) is 8.88. The smallest absolute Gasteiger partial charge is 0.257 e. The van der Waals surface area contributed by atoms with Crippen LogP contribution >= 0.6 is 0 Å². The topological polar surface area (TPSA) is 72.7 Å². The van der Waals surface area contributed by atoms with Crippen molar-refractivity contribution < 1.29 is 4.79 Å². The fourth-order valence-electron chi connectivity index (χ4n) is 3.57. The summed E-state index contributed by atoms with van der Waals surface area (Å²) in [7, 11) is 1.87. The van der Waals surface area contributed by atoms with Crippen LogP contribution in [0.15, 0.2) is 36.5 Å². The Bertz CT molecular complexity index is 959. The van der Waals surface area contributed by atoms with Gasteiger partial charge in [0.2, 0.25) is 0 Å². The Balaban J connectivity index is 1.55. The number of aryl methyl sites for hydroxylation is 3. The first kappa shape index (κ1) is 16.4. The Morgan fingerprint density at radius 2 is 1.96 bits per heavy atom. The molecule has 1 amide bonds. The van der Waals surface area contributed by atoms with E-state index in [0.717, 1.165) is 41.8 Å². The number of anilines is 1. The number of carbonyl (C=O) groups excluding carboxylic acids is 1. The van der Waals surface area contributed by atoms with Crippen LogP contribution in [0.1, 0.15) is 40.0 Å². The zero-order valence-corrected chi connectivity index (χ0v) is 15.0. The highest BCUT2D eigenvalue weighted by molar-refractivity contribution is 6.05. The van der Waals surface area contributed by atoms with Crippen LogP contribution in [0.2, 0.25) is 0 Å². The molecule has 0 aliphatic heterocycles. The number of hydrogen-bond donors (Lipinski definition) is 1. The van der Waals surface area contributed by atoms with Gasteiger partial charge in [-0.15, -0.1) is 10.2 Å². The summed E-state index contributed by atoms with van der Waals surface area (Å²) in [5.74, 6) is 0.331. The second-order valence-corrected chi connectivity index (χ2v) is 6.71. The molecule has 0 saturated carbocycles. The maximum absolute atomic E-state index is 12.7. The van der Waals surface area contributed by atoms with Gasteiger partial charge in [-0.2, -0.15) is 5.10 Å². The predicted molar refractivity (Wildman–Crippen MR) is 100 cm³/mol. The van der Waals surface area contributed by atoms with Gasteiger partial charge in [0, 0.05) is 24.4 Å². The third-order valence-electron chi connectivity index (χ3n) is 4.84. The number of nitrogens with one attached hydrogen (secondary N) is 1. The lowest BCUT2D eigenvalue weighted by molar-refractivity contribution is 0.102. The number of carbonyl (C=O) groups is 1. The van der Waals surface area contributed by atoms with E-state index >= 15 is 0 Å². The summed E-state index contributed by atoms with van der Waals surface area (Å²) >= 11 is 0. The van der Waals surface area contributed by atoms with Crippen LogP contribution in [-0.4, -0.2) is 25.9 Å². The fourth-order valence-corrected chi connectivity index (χ4v) is 3.57. The van der Waals surface area contributed by atoms with Crippen molar-refractivity contribution in [2.24, 2.45) is 7.05 Å². The largest absolute Gasteiger partial charge is 0.305 e. The predicted octanol–water partition coefficient (Wildman–Crippen LogP) is 3.32. The third kappa shape index (κ3) is 3.10. The van der Waals surface area contributed by atoms with E-state index < -0.39 is 0 Å². The molecule has 0 saturated heterocycles. The van der Waals surface area contributed by atoms with Gasteiger partial charge in [-0.1, -0.05) is 12.1 Å². The Kier molecular flexibility index (Phi) is 4.24. The highest BCUT2D eigenvalue weighted by Crippen LogP contribution is 2.25. The second kappa shape index (κ2) is 6.71. The van der Waals surface area contributed by atoms with Crippen molar-refractivity contribution in [3.63, 3.8) is 0 Å². The van der Waals surface area contributed by atoms with Crippen molar-refractivity contribution in [1.29, 1.82) is 0 Å². The first-order chi connectivity index (χ1) is 12.6. The standard InChI is InChI=1S/C20H21N5O/c1-13-17(12-25(2)24-13)18-10-11-19(23-22-18)21-20(26)16-9-5-7-14-6-3-4-8-15(14)16/h5,7,9-12H,3-4,6,8H2,1-2H3,(H,21,23,26). The fraction of sp³-hybridized carbons (Fsp3) is 0.300. The highest BCUT2D eigenvalue weighted by Gasteiger charge is 2.18. The van der Waals surface area contributed by atoms with Crippen LogP contribution in [0.5, 0.6) is 0 Å². The van der Waals surface area contributed by atoms with Gasteiger partial charge in [-0.05, 0) is 61.9 Å². The van der Waals surface area contributed by atoms with Gasteiger partial charge in [0.15, 0.2) is 5.82 Å².